The Labute approximate surface area is 147 Å². The summed E-state index contributed by atoms with van der Waals surface area (Å²) >= 11 is 0. The first kappa shape index (κ1) is 18.7. The molecule has 1 aromatic heterocycles. The van der Waals surface area contributed by atoms with Gasteiger partial charge in [0.05, 0.1) is 0 Å². The number of pyridine rings is 1. The Bertz CT molecular complexity index is 623. The molecule has 0 aromatic carbocycles. The third-order valence-corrected chi connectivity index (χ3v) is 9.94. The van der Waals surface area contributed by atoms with Gasteiger partial charge in [0, 0.05) is 18.2 Å². The van der Waals surface area contributed by atoms with Crippen molar-refractivity contribution in [3.63, 3.8) is 0 Å². The molecule has 0 saturated heterocycles. The molecule has 2 atom stereocenters. The number of aromatic nitrogens is 1. The van der Waals surface area contributed by atoms with Gasteiger partial charge in [-0.15, -0.1) is 11.5 Å². The summed E-state index contributed by atoms with van der Waals surface area (Å²) in [6, 6.07) is 5.57. The maximum atomic E-state index is 12.4. The van der Waals surface area contributed by atoms with Crippen molar-refractivity contribution in [1.29, 1.82) is 0 Å². The van der Waals surface area contributed by atoms with Crippen molar-refractivity contribution in [3.05, 3.63) is 30.1 Å². The smallest absolute Gasteiger partial charge is 0.270 e. The van der Waals surface area contributed by atoms with E-state index in [1.54, 1.807) is 12.3 Å². The fourth-order valence-electron chi connectivity index (χ4n) is 2.68. The van der Waals surface area contributed by atoms with Crippen LogP contribution in [0.1, 0.15) is 56.9 Å². The monoisotopic (exact) mass is 342 g/mol. The lowest BCUT2D eigenvalue weighted by molar-refractivity contribution is 0.0912. The summed E-state index contributed by atoms with van der Waals surface area (Å²) in [5.74, 6) is 3.73. The van der Waals surface area contributed by atoms with Gasteiger partial charge in [-0.2, -0.15) is 0 Å². The Hall–Kier alpha value is -1.60. The van der Waals surface area contributed by atoms with Crippen LogP contribution in [0.25, 0.3) is 0 Å². The normalized spacial score (nSPS) is 21.5. The molecular weight excluding hydrogens is 312 g/mol. The van der Waals surface area contributed by atoms with Crippen LogP contribution in [0.15, 0.2) is 24.4 Å². The molecule has 2 rings (SSSR count). The van der Waals surface area contributed by atoms with Crippen molar-refractivity contribution in [1.82, 2.24) is 10.3 Å². The largest absolute Gasteiger partial charge is 0.347 e. The maximum absolute atomic E-state index is 12.4. The Morgan fingerprint density at radius 2 is 1.96 bits per heavy atom. The molecule has 1 saturated carbocycles. The molecule has 1 aromatic rings. The van der Waals surface area contributed by atoms with E-state index in [1.807, 2.05) is 12.1 Å². The molecule has 4 heteroatoms. The Kier molecular flexibility index (Phi) is 5.87. The van der Waals surface area contributed by atoms with E-state index in [4.69, 9.17) is 0 Å². The van der Waals surface area contributed by atoms with E-state index in [0.717, 1.165) is 19.3 Å². The maximum Gasteiger partial charge on any atom is 0.270 e. The van der Waals surface area contributed by atoms with Crippen LogP contribution in [0.3, 0.4) is 0 Å². The van der Waals surface area contributed by atoms with E-state index in [1.165, 1.54) is 6.42 Å². The summed E-state index contributed by atoms with van der Waals surface area (Å²) in [6.45, 7) is 11.5. The van der Waals surface area contributed by atoms with Crippen molar-refractivity contribution in [2.45, 2.75) is 70.6 Å². The van der Waals surface area contributed by atoms with E-state index in [9.17, 15) is 4.79 Å². The average molecular weight is 343 g/mol. The number of rotatable bonds is 2. The fraction of sp³-hybridized carbons (Fsp3) is 0.600. The van der Waals surface area contributed by atoms with Crippen molar-refractivity contribution >= 4 is 14.0 Å². The third kappa shape index (κ3) is 4.70. The Morgan fingerprint density at radius 1 is 1.25 bits per heavy atom. The zero-order valence-corrected chi connectivity index (χ0v) is 16.6. The highest BCUT2D eigenvalue weighted by Crippen LogP contribution is 2.35. The SMILES string of the molecule is CC(C)(C)[Si](C)(C)C#CC1CCCCC1NC(=O)c1ccccn1. The van der Waals surface area contributed by atoms with Gasteiger partial charge < -0.3 is 5.32 Å². The Morgan fingerprint density at radius 3 is 2.58 bits per heavy atom. The predicted octanol–water partition coefficient (Wildman–Crippen LogP) is 4.42. The molecule has 3 nitrogen and oxygen atoms in total. The van der Waals surface area contributed by atoms with Crippen LogP contribution in [0.2, 0.25) is 18.1 Å². The molecule has 0 aliphatic heterocycles. The van der Waals surface area contributed by atoms with Crippen molar-refractivity contribution in [3.8, 4) is 11.5 Å². The van der Waals surface area contributed by atoms with Crippen molar-refractivity contribution in [2.75, 3.05) is 0 Å². The van der Waals surface area contributed by atoms with Gasteiger partial charge in [0.2, 0.25) is 0 Å². The van der Waals surface area contributed by atoms with Crippen LogP contribution >= 0.6 is 0 Å². The molecule has 1 aliphatic rings. The number of amides is 1. The van der Waals surface area contributed by atoms with E-state index in [2.05, 4.69) is 55.6 Å². The first-order valence-corrected chi connectivity index (χ1v) is 12.0. The molecular formula is C20H30N2OSi. The number of hydrogen-bond acceptors (Lipinski definition) is 2. The molecule has 1 aliphatic carbocycles. The van der Waals surface area contributed by atoms with Crippen LogP contribution in [0.5, 0.6) is 0 Å². The zero-order valence-electron chi connectivity index (χ0n) is 15.6. The molecule has 1 fully saturated rings. The van der Waals surface area contributed by atoms with Gasteiger partial charge in [-0.1, -0.05) is 52.8 Å². The quantitative estimate of drug-likeness (QED) is 0.638. The number of carbonyl (C=O) groups is 1. The number of nitrogens with one attached hydrogen (secondary N) is 1. The highest BCUT2D eigenvalue weighted by atomic mass is 28.3. The fourth-order valence-corrected chi connectivity index (χ4v) is 3.60. The summed E-state index contributed by atoms with van der Waals surface area (Å²) < 4.78 is 0. The summed E-state index contributed by atoms with van der Waals surface area (Å²) in [5, 5.41) is 3.44. The highest BCUT2D eigenvalue weighted by molar-refractivity contribution is 6.87. The summed E-state index contributed by atoms with van der Waals surface area (Å²) in [6.07, 6.45) is 6.10. The summed E-state index contributed by atoms with van der Waals surface area (Å²) in [5.41, 5.74) is 4.12. The predicted molar refractivity (Wildman–Crippen MR) is 102 cm³/mol. The average Bonchev–Trinajstić information content (AvgIpc) is 2.54. The van der Waals surface area contributed by atoms with Crippen LogP contribution in [-0.2, 0) is 0 Å². The van der Waals surface area contributed by atoms with Crippen LogP contribution in [-0.4, -0.2) is 25.0 Å². The lowest BCUT2D eigenvalue weighted by Crippen LogP contribution is -2.42. The minimum absolute atomic E-state index is 0.0818. The van der Waals surface area contributed by atoms with Gasteiger partial charge >= 0.3 is 0 Å². The molecule has 0 radical (unpaired) electrons. The highest BCUT2D eigenvalue weighted by Gasteiger charge is 2.34. The molecule has 0 bridgehead atoms. The van der Waals surface area contributed by atoms with Gasteiger partial charge in [-0.05, 0) is 30.0 Å². The minimum Gasteiger partial charge on any atom is -0.347 e. The van der Waals surface area contributed by atoms with Crippen molar-refractivity contribution < 1.29 is 4.79 Å². The van der Waals surface area contributed by atoms with E-state index < -0.39 is 8.07 Å². The number of hydrogen-bond donors (Lipinski definition) is 1. The third-order valence-electron chi connectivity index (χ3n) is 5.43. The van der Waals surface area contributed by atoms with Crippen LogP contribution in [0, 0.1) is 17.4 Å². The zero-order chi connectivity index (χ0) is 17.8. The minimum atomic E-state index is -1.61. The van der Waals surface area contributed by atoms with Crippen molar-refractivity contribution in [2.24, 2.45) is 5.92 Å². The lowest BCUT2D eigenvalue weighted by Gasteiger charge is -2.33. The topological polar surface area (TPSA) is 42.0 Å². The van der Waals surface area contributed by atoms with Crippen LogP contribution < -0.4 is 5.32 Å². The first-order chi connectivity index (χ1) is 11.2. The van der Waals surface area contributed by atoms with Gasteiger partial charge in [0.1, 0.15) is 13.8 Å². The van der Waals surface area contributed by atoms with E-state index >= 15 is 0 Å². The number of carbonyl (C=O) groups excluding carboxylic acids is 1. The van der Waals surface area contributed by atoms with Gasteiger partial charge in [-0.3, -0.25) is 9.78 Å². The van der Waals surface area contributed by atoms with Gasteiger partial charge in [0.15, 0.2) is 0 Å². The van der Waals surface area contributed by atoms with Gasteiger partial charge in [-0.25, -0.2) is 0 Å². The van der Waals surface area contributed by atoms with Gasteiger partial charge in [0.25, 0.3) is 5.91 Å². The molecule has 0 spiro atoms. The first-order valence-electron chi connectivity index (χ1n) is 8.95. The standard InChI is InChI=1S/C20H30N2OSi/c1-20(2,3)24(4,5)15-13-16-10-6-7-11-17(16)22-19(23)18-12-8-9-14-21-18/h8-9,12,14,16-17H,6-7,10-11H2,1-5H3,(H,22,23). The molecule has 24 heavy (non-hydrogen) atoms. The second-order valence-corrected chi connectivity index (χ2v) is 13.3. The molecule has 130 valence electrons. The second-order valence-electron chi connectivity index (χ2n) is 8.33. The second kappa shape index (κ2) is 7.52. The molecule has 1 amide bonds. The summed E-state index contributed by atoms with van der Waals surface area (Å²) in [4.78, 5) is 16.6. The molecule has 1 N–H and O–H groups in total. The lowest BCUT2D eigenvalue weighted by atomic mass is 9.85. The number of nitrogens with zero attached hydrogens (tertiary/aromatic N) is 1. The summed E-state index contributed by atoms with van der Waals surface area (Å²) in [7, 11) is -1.61. The van der Waals surface area contributed by atoms with E-state index in [-0.39, 0.29) is 22.9 Å². The molecule has 2 unspecified atom stereocenters. The molecule has 1 heterocycles. The Balaban J connectivity index is 2.10. The van der Waals surface area contributed by atoms with E-state index in [0.29, 0.717) is 5.69 Å². The van der Waals surface area contributed by atoms with Crippen LogP contribution in [0.4, 0.5) is 0 Å².